The van der Waals surface area contributed by atoms with E-state index in [9.17, 15) is 0 Å². The second kappa shape index (κ2) is 6.13. The van der Waals surface area contributed by atoms with Gasteiger partial charge >= 0.3 is 0 Å². The van der Waals surface area contributed by atoms with Crippen LogP contribution in [0.5, 0.6) is 0 Å². The molecule has 0 radical (unpaired) electrons. The van der Waals surface area contributed by atoms with Crippen molar-refractivity contribution in [2.24, 2.45) is 0 Å². The Morgan fingerprint density at radius 1 is 1.26 bits per heavy atom. The predicted octanol–water partition coefficient (Wildman–Crippen LogP) is 2.20. The lowest BCUT2D eigenvalue weighted by atomic mass is 10.0. The molecule has 1 aromatic carbocycles. The van der Waals surface area contributed by atoms with Crippen molar-refractivity contribution in [2.45, 2.75) is 32.7 Å². The second-order valence-corrected chi connectivity index (χ2v) is 4.68. The SMILES string of the molecule is Cc1ccccc1CCC(C)Nc1ncnc(N)n1. The first-order valence-electron chi connectivity index (χ1n) is 6.40. The molecule has 0 amide bonds. The molecule has 0 fully saturated rings. The second-order valence-electron chi connectivity index (χ2n) is 4.68. The highest BCUT2D eigenvalue weighted by molar-refractivity contribution is 5.30. The first-order valence-corrected chi connectivity index (χ1v) is 6.40. The van der Waals surface area contributed by atoms with Gasteiger partial charge in [0.15, 0.2) is 0 Å². The van der Waals surface area contributed by atoms with E-state index >= 15 is 0 Å². The molecule has 1 aromatic heterocycles. The lowest BCUT2D eigenvalue weighted by Gasteiger charge is -2.14. The Labute approximate surface area is 113 Å². The van der Waals surface area contributed by atoms with Gasteiger partial charge in [0.05, 0.1) is 0 Å². The fourth-order valence-corrected chi connectivity index (χ4v) is 1.93. The Kier molecular flexibility index (Phi) is 4.28. The number of nitrogen functional groups attached to an aromatic ring is 1. The van der Waals surface area contributed by atoms with Crippen LogP contribution in [0.25, 0.3) is 0 Å². The molecule has 0 saturated carbocycles. The first-order chi connectivity index (χ1) is 9.15. The van der Waals surface area contributed by atoms with Crippen LogP contribution in [0, 0.1) is 6.92 Å². The minimum Gasteiger partial charge on any atom is -0.368 e. The Bertz CT molecular complexity index is 541. The van der Waals surface area contributed by atoms with E-state index in [-0.39, 0.29) is 12.0 Å². The van der Waals surface area contributed by atoms with E-state index in [0.717, 1.165) is 12.8 Å². The number of hydrogen-bond donors (Lipinski definition) is 2. The van der Waals surface area contributed by atoms with Gasteiger partial charge in [0.25, 0.3) is 0 Å². The zero-order chi connectivity index (χ0) is 13.7. The van der Waals surface area contributed by atoms with E-state index in [1.807, 2.05) is 0 Å². The summed E-state index contributed by atoms with van der Waals surface area (Å²) in [5.41, 5.74) is 8.23. The third-order valence-corrected chi connectivity index (χ3v) is 3.07. The maximum Gasteiger partial charge on any atom is 0.227 e. The summed E-state index contributed by atoms with van der Waals surface area (Å²) >= 11 is 0. The highest BCUT2D eigenvalue weighted by Gasteiger charge is 2.06. The molecule has 3 N–H and O–H groups in total. The van der Waals surface area contributed by atoms with E-state index in [1.54, 1.807) is 0 Å². The van der Waals surface area contributed by atoms with Crippen molar-refractivity contribution in [3.05, 3.63) is 41.7 Å². The normalized spacial score (nSPS) is 12.1. The maximum absolute atomic E-state index is 5.52. The fourth-order valence-electron chi connectivity index (χ4n) is 1.93. The van der Waals surface area contributed by atoms with Gasteiger partial charge in [0.2, 0.25) is 11.9 Å². The van der Waals surface area contributed by atoms with E-state index < -0.39 is 0 Å². The van der Waals surface area contributed by atoms with Gasteiger partial charge in [0.1, 0.15) is 6.33 Å². The monoisotopic (exact) mass is 257 g/mol. The van der Waals surface area contributed by atoms with Crippen molar-refractivity contribution >= 4 is 11.9 Å². The molecule has 1 atom stereocenters. The molecule has 5 heteroatoms. The molecule has 0 spiro atoms. The van der Waals surface area contributed by atoms with Crippen LogP contribution in [0.1, 0.15) is 24.5 Å². The van der Waals surface area contributed by atoms with E-state index in [4.69, 9.17) is 5.73 Å². The number of rotatable bonds is 5. The molecular weight excluding hydrogens is 238 g/mol. The molecular formula is C14H19N5. The van der Waals surface area contributed by atoms with Gasteiger partial charge in [0, 0.05) is 6.04 Å². The number of nitrogens with zero attached hydrogens (tertiary/aromatic N) is 3. The Hall–Kier alpha value is -2.17. The van der Waals surface area contributed by atoms with Gasteiger partial charge in [-0.05, 0) is 37.8 Å². The molecule has 0 bridgehead atoms. The highest BCUT2D eigenvalue weighted by atomic mass is 15.2. The van der Waals surface area contributed by atoms with Crippen LogP contribution in [0.4, 0.5) is 11.9 Å². The molecule has 0 saturated heterocycles. The van der Waals surface area contributed by atoms with E-state index in [0.29, 0.717) is 5.95 Å². The summed E-state index contributed by atoms with van der Waals surface area (Å²) < 4.78 is 0. The summed E-state index contributed by atoms with van der Waals surface area (Å²) in [7, 11) is 0. The van der Waals surface area contributed by atoms with Crippen LogP contribution < -0.4 is 11.1 Å². The summed E-state index contributed by atoms with van der Waals surface area (Å²) in [6.07, 6.45) is 3.45. The topological polar surface area (TPSA) is 76.7 Å². The Balaban J connectivity index is 1.88. The van der Waals surface area contributed by atoms with Crippen molar-refractivity contribution < 1.29 is 0 Å². The first kappa shape index (κ1) is 13.3. The molecule has 0 aliphatic rings. The van der Waals surface area contributed by atoms with Crippen LogP contribution in [0.15, 0.2) is 30.6 Å². The number of hydrogen-bond acceptors (Lipinski definition) is 5. The third kappa shape index (κ3) is 3.91. The van der Waals surface area contributed by atoms with E-state index in [2.05, 4.69) is 58.4 Å². The molecule has 2 aromatic rings. The van der Waals surface area contributed by atoms with Crippen molar-refractivity contribution in [3.63, 3.8) is 0 Å². The molecule has 2 rings (SSSR count). The predicted molar refractivity (Wildman–Crippen MR) is 76.8 cm³/mol. The van der Waals surface area contributed by atoms with Crippen molar-refractivity contribution in [3.8, 4) is 0 Å². The van der Waals surface area contributed by atoms with Gasteiger partial charge < -0.3 is 11.1 Å². The van der Waals surface area contributed by atoms with Crippen LogP contribution in [-0.4, -0.2) is 21.0 Å². The quantitative estimate of drug-likeness (QED) is 0.858. The zero-order valence-corrected chi connectivity index (χ0v) is 11.3. The van der Waals surface area contributed by atoms with Crippen molar-refractivity contribution in [1.82, 2.24) is 15.0 Å². The summed E-state index contributed by atoms with van der Waals surface area (Å²) in [5, 5.41) is 3.23. The Morgan fingerprint density at radius 3 is 2.79 bits per heavy atom. The average molecular weight is 257 g/mol. The van der Waals surface area contributed by atoms with Gasteiger partial charge in [-0.2, -0.15) is 4.98 Å². The van der Waals surface area contributed by atoms with Crippen LogP contribution in [0.3, 0.4) is 0 Å². The molecule has 100 valence electrons. The van der Waals surface area contributed by atoms with Crippen LogP contribution in [0.2, 0.25) is 0 Å². The molecule has 5 nitrogen and oxygen atoms in total. The number of anilines is 2. The zero-order valence-electron chi connectivity index (χ0n) is 11.3. The molecule has 1 heterocycles. The molecule has 1 unspecified atom stereocenters. The number of aryl methyl sites for hydroxylation is 2. The number of benzene rings is 1. The van der Waals surface area contributed by atoms with E-state index in [1.165, 1.54) is 17.5 Å². The molecule has 19 heavy (non-hydrogen) atoms. The third-order valence-electron chi connectivity index (χ3n) is 3.07. The van der Waals surface area contributed by atoms with Gasteiger partial charge in [-0.1, -0.05) is 24.3 Å². The molecule has 0 aliphatic heterocycles. The standard InChI is InChI=1S/C14H19N5/c1-10-5-3-4-6-12(10)8-7-11(2)18-14-17-9-16-13(15)19-14/h3-6,9,11H,7-8H2,1-2H3,(H3,15,16,17,18,19). The molecule has 0 aliphatic carbocycles. The minimum absolute atomic E-state index is 0.239. The number of nitrogens with two attached hydrogens (primary N) is 1. The number of aromatic nitrogens is 3. The average Bonchev–Trinajstić information content (AvgIpc) is 2.38. The smallest absolute Gasteiger partial charge is 0.227 e. The lowest BCUT2D eigenvalue weighted by molar-refractivity contribution is 0.696. The fraction of sp³-hybridized carbons (Fsp3) is 0.357. The largest absolute Gasteiger partial charge is 0.368 e. The maximum atomic E-state index is 5.52. The minimum atomic E-state index is 0.239. The van der Waals surface area contributed by atoms with Gasteiger partial charge in [-0.25, -0.2) is 9.97 Å². The summed E-state index contributed by atoms with van der Waals surface area (Å²) in [5.74, 6) is 0.772. The van der Waals surface area contributed by atoms with Crippen LogP contribution >= 0.6 is 0 Å². The Morgan fingerprint density at radius 2 is 2.05 bits per heavy atom. The summed E-state index contributed by atoms with van der Waals surface area (Å²) in [6, 6.07) is 8.73. The summed E-state index contributed by atoms with van der Waals surface area (Å²) in [6.45, 7) is 4.25. The van der Waals surface area contributed by atoms with Crippen molar-refractivity contribution in [2.75, 3.05) is 11.1 Å². The van der Waals surface area contributed by atoms with Crippen molar-refractivity contribution in [1.29, 1.82) is 0 Å². The summed E-state index contributed by atoms with van der Waals surface area (Å²) in [4.78, 5) is 11.8. The van der Waals surface area contributed by atoms with Gasteiger partial charge in [-0.15, -0.1) is 0 Å². The number of nitrogens with one attached hydrogen (secondary N) is 1. The lowest BCUT2D eigenvalue weighted by Crippen LogP contribution is -2.18. The van der Waals surface area contributed by atoms with Gasteiger partial charge in [-0.3, -0.25) is 0 Å². The highest BCUT2D eigenvalue weighted by Crippen LogP contribution is 2.12. The van der Waals surface area contributed by atoms with Crippen LogP contribution in [-0.2, 0) is 6.42 Å².